The van der Waals surface area contributed by atoms with Gasteiger partial charge in [-0.1, -0.05) is 70.8 Å². The Labute approximate surface area is 178 Å². The molecule has 0 fully saturated rings. The summed E-state index contributed by atoms with van der Waals surface area (Å²) in [5.74, 6) is -0.834. The van der Waals surface area contributed by atoms with Gasteiger partial charge in [0.2, 0.25) is 0 Å². The average molecular weight is 422 g/mol. The lowest BCUT2D eigenvalue weighted by molar-refractivity contribution is -0.385. The lowest BCUT2D eigenvalue weighted by Crippen LogP contribution is -2.09. The number of phenols is 1. The second kappa shape index (κ2) is 15.6. The number of phenolic OH excluding ortho intramolecular Hbond substituents is 1. The number of benzene rings is 1. The highest BCUT2D eigenvalue weighted by molar-refractivity contribution is 5.97. The third-order valence-electron chi connectivity index (χ3n) is 4.88. The summed E-state index contributed by atoms with van der Waals surface area (Å²) in [5, 5.41) is 30.0. The Morgan fingerprint density at radius 2 is 1.70 bits per heavy atom. The van der Waals surface area contributed by atoms with Gasteiger partial charge in [0.1, 0.15) is 0 Å². The highest BCUT2D eigenvalue weighted by Crippen LogP contribution is 2.26. The molecule has 0 saturated carbocycles. The molecule has 0 aliphatic heterocycles. The van der Waals surface area contributed by atoms with Crippen LogP contribution in [0.4, 0.5) is 5.69 Å². The molecule has 0 amide bonds. The van der Waals surface area contributed by atoms with Crippen LogP contribution in [0.3, 0.4) is 0 Å². The largest absolute Gasteiger partial charge is 0.502 e. The molecule has 1 atom stereocenters. The molecule has 2 N–H and O–H groups in total. The smallest absolute Gasteiger partial charge is 0.311 e. The van der Waals surface area contributed by atoms with Crippen LogP contribution in [0.1, 0.15) is 87.9 Å². The minimum Gasteiger partial charge on any atom is -0.502 e. The van der Waals surface area contributed by atoms with E-state index in [1.54, 1.807) is 0 Å². The minimum atomic E-state index is -1.08. The summed E-state index contributed by atoms with van der Waals surface area (Å²) < 4.78 is 5.30. The number of unbranched alkanes of at least 4 members (excludes halogenated alkanes) is 9. The maximum Gasteiger partial charge on any atom is 0.311 e. The van der Waals surface area contributed by atoms with Crippen molar-refractivity contribution >= 4 is 11.5 Å². The van der Waals surface area contributed by atoms with Crippen molar-refractivity contribution in [2.45, 2.75) is 83.8 Å². The van der Waals surface area contributed by atoms with Gasteiger partial charge in [0.05, 0.1) is 11.5 Å². The monoisotopic (exact) mass is 421 g/mol. The van der Waals surface area contributed by atoms with E-state index >= 15 is 0 Å². The number of aliphatic hydroxyl groups excluding tert-OH is 1. The summed E-state index contributed by atoms with van der Waals surface area (Å²) in [7, 11) is 0. The van der Waals surface area contributed by atoms with Crippen LogP contribution in [-0.4, -0.2) is 33.8 Å². The van der Waals surface area contributed by atoms with E-state index in [1.807, 2.05) is 0 Å². The number of carbonyl (C=O) groups is 1. The number of rotatable bonds is 17. The van der Waals surface area contributed by atoms with Crippen molar-refractivity contribution < 1.29 is 24.7 Å². The van der Waals surface area contributed by atoms with Gasteiger partial charge in [-0.3, -0.25) is 14.9 Å². The number of hydrogen-bond donors (Lipinski definition) is 2. The number of nitro groups is 1. The van der Waals surface area contributed by atoms with Gasteiger partial charge in [0.25, 0.3) is 0 Å². The van der Waals surface area contributed by atoms with E-state index in [0.717, 1.165) is 25.0 Å². The van der Waals surface area contributed by atoms with Crippen LogP contribution >= 0.6 is 0 Å². The summed E-state index contributed by atoms with van der Waals surface area (Å²) in [6.45, 7) is 2.68. The van der Waals surface area contributed by atoms with Gasteiger partial charge in [-0.05, 0) is 24.6 Å². The molecule has 30 heavy (non-hydrogen) atoms. The molecule has 1 unspecified atom stereocenters. The zero-order chi connectivity index (χ0) is 22.2. The maximum absolute atomic E-state index is 12.1. The zero-order valence-corrected chi connectivity index (χ0v) is 17.9. The normalized spacial score (nSPS) is 12.3. The van der Waals surface area contributed by atoms with Gasteiger partial charge in [-0.25, -0.2) is 0 Å². The molecule has 168 valence electrons. The van der Waals surface area contributed by atoms with Crippen LogP contribution < -0.4 is 0 Å². The van der Waals surface area contributed by atoms with Gasteiger partial charge in [0.15, 0.2) is 17.8 Å². The summed E-state index contributed by atoms with van der Waals surface area (Å²) in [4.78, 5) is 22.2. The summed E-state index contributed by atoms with van der Waals surface area (Å²) in [5.41, 5.74) is -0.380. The summed E-state index contributed by atoms with van der Waals surface area (Å²) in [6.07, 6.45) is 14.0. The summed E-state index contributed by atoms with van der Waals surface area (Å²) >= 11 is 0. The first-order chi connectivity index (χ1) is 14.5. The second-order valence-corrected chi connectivity index (χ2v) is 7.46. The Kier molecular flexibility index (Phi) is 13.4. The molecule has 1 aromatic rings. The van der Waals surface area contributed by atoms with Crippen LogP contribution in [0.2, 0.25) is 0 Å². The quantitative estimate of drug-likeness (QED) is 0.0835. The SMILES string of the molecule is CCCCCCCCCCCCOC(O)C=CCC(=O)c1ccc(O)c([N+](=O)[O-])c1. The van der Waals surface area contributed by atoms with E-state index in [1.165, 1.54) is 69.6 Å². The Bertz CT molecular complexity index is 674. The minimum absolute atomic E-state index is 0.0272. The number of allylic oxidation sites excluding steroid dienone is 1. The van der Waals surface area contributed by atoms with Crippen LogP contribution in [0, 0.1) is 10.1 Å². The number of Topliss-reactive ketones (excluding diaryl/α,β-unsaturated/α-hetero) is 1. The third-order valence-corrected chi connectivity index (χ3v) is 4.88. The number of ether oxygens (including phenoxy) is 1. The number of ketones is 1. The highest BCUT2D eigenvalue weighted by Gasteiger charge is 2.16. The topological polar surface area (TPSA) is 110 Å². The van der Waals surface area contributed by atoms with E-state index < -0.39 is 22.7 Å². The molecule has 1 rings (SSSR count). The van der Waals surface area contributed by atoms with E-state index in [9.17, 15) is 25.1 Å². The first-order valence-corrected chi connectivity index (χ1v) is 10.9. The fourth-order valence-electron chi connectivity index (χ4n) is 3.10. The number of aliphatic hydroxyl groups is 1. The van der Waals surface area contributed by atoms with E-state index in [0.29, 0.717) is 6.61 Å². The molecule has 0 bridgehead atoms. The van der Waals surface area contributed by atoms with Crippen molar-refractivity contribution in [2.75, 3.05) is 6.61 Å². The van der Waals surface area contributed by atoms with Crippen LogP contribution in [0.25, 0.3) is 0 Å². The first kappa shape index (κ1) is 25.8. The van der Waals surface area contributed by atoms with E-state index in [-0.39, 0.29) is 17.8 Å². The standard InChI is InChI=1S/C23H35NO6/c1-2-3-4-5-6-7-8-9-10-11-17-30-23(27)14-12-13-21(25)19-15-16-22(26)20(18-19)24(28)29/h12,14-16,18,23,26-27H,2-11,13,17H2,1H3. The van der Waals surface area contributed by atoms with Crippen molar-refractivity contribution in [1.82, 2.24) is 0 Å². The Morgan fingerprint density at radius 1 is 1.10 bits per heavy atom. The van der Waals surface area contributed by atoms with Gasteiger partial charge < -0.3 is 14.9 Å². The zero-order valence-electron chi connectivity index (χ0n) is 17.9. The van der Waals surface area contributed by atoms with Gasteiger partial charge in [-0.15, -0.1) is 0 Å². The van der Waals surface area contributed by atoms with Gasteiger partial charge in [0, 0.05) is 18.1 Å². The second-order valence-electron chi connectivity index (χ2n) is 7.46. The van der Waals surface area contributed by atoms with E-state index in [2.05, 4.69) is 6.92 Å². The molecule has 0 aliphatic carbocycles. The molecule has 0 saturated heterocycles. The highest BCUT2D eigenvalue weighted by atomic mass is 16.6. The third kappa shape index (κ3) is 11.1. The Morgan fingerprint density at radius 3 is 2.30 bits per heavy atom. The van der Waals surface area contributed by atoms with Crippen molar-refractivity contribution in [3.63, 3.8) is 0 Å². The maximum atomic E-state index is 12.1. The molecule has 0 aliphatic rings. The van der Waals surface area contributed by atoms with Crippen LogP contribution in [0.15, 0.2) is 30.4 Å². The predicted molar refractivity (Wildman–Crippen MR) is 117 cm³/mol. The predicted octanol–water partition coefficient (Wildman–Crippen LogP) is 5.69. The fraction of sp³-hybridized carbons (Fsp3) is 0.609. The number of aromatic hydroxyl groups is 1. The molecular formula is C23H35NO6. The van der Waals surface area contributed by atoms with Gasteiger partial charge in [-0.2, -0.15) is 0 Å². The summed E-state index contributed by atoms with van der Waals surface area (Å²) in [6, 6.07) is 3.50. The van der Waals surface area contributed by atoms with Crippen molar-refractivity contribution in [1.29, 1.82) is 0 Å². The van der Waals surface area contributed by atoms with Crippen LogP contribution in [0.5, 0.6) is 5.75 Å². The molecule has 0 heterocycles. The Hall–Kier alpha value is -2.25. The molecule has 7 heteroatoms. The molecule has 0 spiro atoms. The van der Waals surface area contributed by atoms with Crippen LogP contribution in [-0.2, 0) is 4.74 Å². The number of carbonyl (C=O) groups excluding carboxylic acids is 1. The first-order valence-electron chi connectivity index (χ1n) is 10.9. The average Bonchev–Trinajstić information content (AvgIpc) is 2.72. The van der Waals surface area contributed by atoms with Crippen molar-refractivity contribution in [2.24, 2.45) is 0 Å². The molecule has 0 aromatic heterocycles. The van der Waals surface area contributed by atoms with E-state index in [4.69, 9.17) is 4.74 Å². The van der Waals surface area contributed by atoms with Crippen molar-refractivity contribution in [3.8, 4) is 5.75 Å². The molecule has 0 radical (unpaired) electrons. The Balaban J connectivity index is 2.14. The number of nitrogens with zero attached hydrogens (tertiary/aromatic N) is 1. The fourth-order valence-corrected chi connectivity index (χ4v) is 3.10. The van der Waals surface area contributed by atoms with Crippen molar-refractivity contribution in [3.05, 3.63) is 46.0 Å². The lowest BCUT2D eigenvalue weighted by Gasteiger charge is -2.08. The molecule has 1 aromatic carbocycles. The lowest BCUT2D eigenvalue weighted by atomic mass is 10.1. The number of hydrogen-bond acceptors (Lipinski definition) is 6. The molecule has 7 nitrogen and oxygen atoms in total. The van der Waals surface area contributed by atoms with Gasteiger partial charge >= 0.3 is 5.69 Å². The number of nitro benzene ring substituents is 1. The molecular weight excluding hydrogens is 386 g/mol.